The van der Waals surface area contributed by atoms with Gasteiger partial charge in [0.25, 0.3) is 0 Å². The van der Waals surface area contributed by atoms with E-state index in [4.69, 9.17) is 14.9 Å². The normalized spacial score (nSPS) is 10.5. The monoisotopic (exact) mass is 216 g/mol. The molecule has 0 aromatic heterocycles. The van der Waals surface area contributed by atoms with Crippen LogP contribution in [0, 0.1) is 0 Å². The quantitative estimate of drug-likeness (QED) is 0.656. The summed E-state index contributed by atoms with van der Waals surface area (Å²) >= 11 is 0. The van der Waals surface area contributed by atoms with Gasteiger partial charge in [0.2, 0.25) is 0 Å². The number of benzene rings is 1. The van der Waals surface area contributed by atoms with Crippen molar-refractivity contribution in [1.82, 2.24) is 0 Å². The zero-order valence-electron chi connectivity index (χ0n) is 7.12. The second-order valence-electron chi connectivity index (χ2n) is 2.53. The van der Waals surface area contributed by atoms with Crippen LogP contribution in [0.5, 0.6) is 0 Å². The lowest BCUT2D eigenvalue weighted by Gasteiger charge is -2.03. The molecular weight excluding hydrogens is 207 g/mol. The average Bonchev–Trinajstić information content (AvgIpc) is 2.15. The zero-order chi connectivity index (χ0) is 10.6. The largest absolute Gasteiger partial charge is 0.478 e. The van der Waals surface area contributed by atoms with Crippen LogP contribution in [0.3, 0.4) is 0 Å². The molecule has 0 unspecified atom stereocenters. The first-order chi connectivity index (χ1) is 6.59. The molecule has 76 valence electrons. The first kappa shape index (κ1) is 11.1. The molecule has 5 nitrogen and oxygen atoms in total. The molecule has 0 bridgehead atoms. The smallest absolute Gasteiger partial charge is 0.335 e. The van der Waals surface area contributed by atoms with E-state index < -0.39 is 14.6 Å². The molecule has 0 aliphatic carbocycles. The Kier molecular flexibility index (Phi) is 3.98. The van der Waals surface area contributed by atoms with Gasteiger partial charge in [0, 0.05) is 0 Å². The van der Waals surface area contributed by atoms with Crippen molar-refractivity contribution in [3.8, 4) is 0 Å². The summed E-state index contributed by atoms with van der Waals surface area (Å²) in [5.41, 5.74) is 0.870. The lowest BCUT2D eigenvalue weighted by Crippen LogP contribution is -1.96. The predicted octanol–water partition coefficient (Wildman–Crippen LogP) is 1.11. The highest BCUT2D eigenvalue weighted by Gasteiger charge is 2.03. The molecule has 0 radical (unpaired) electrons. The van der Waals surface area contributed by atoms with Gasteiger partial charge in [-0.25, -0.2) is 4.79 Å². The molecule has 0 fully saturated rings. The third kappa shape index (κ3) is 3.40. The van der Waals surface area contributed by atoms with Crippen molar-refractivity contribution in [1.29, 1.82) is 0 Å². The van der Waals surface area contributed by atoms with E-state index in [0.29, 0.717) is 5.56 Å². The van der Waals surface area contributed by atoms with Crippen LogP contribution < -0.4 is 0 Å². The van der Waals surface area contributed by atoms with Crippen LogP contribution in [0.2, 0.25) is 0 Å². The third-order valence-electron chi connectivity index (χ3n) is 1.55. The molecular formula is C8H9O5P. The molecule has 1 rings (SSSR count). The van der Waals surface area contributed by atoms with Gasteiger partial charge in [0.05, 0.1) is 12.2 Å². The van der Waals surface area contributed by atoms with Gasteiger partial charge in [-0.05, 0) is 17.7 Å². The van der Waals surface area contributed by atoms with Crippen LogP contribution >= 0.6 is 8.60 Å². The fourth-order valence-electron chi connectivity index (χ4n) is 0.876. The minimum atomic E-state index is -2.36. The summed E-state index contributed by atoms with van der Waals surface area (Å²) in [7, 11) is -2.36. The van der Waals surface area contributed by atoms with Crippen molar-refractivity contribution in [2.75, 3.05) is 0 Å². The molecule has 14 heavy (non-hydrogen) atoms. The predicted molar refractivity (Wildman–Crippen MR) is 49.5 cm³/mol. The summed E-state index contributed by atoms with van der Waals surface area (Å²) in [6, 6.07) is 5.97. The fraction of sp³-hybridized carbons (Fsp3) is 0.125. The van der Waals surface area contributed by atoms with Gasteiger partial charge >= 0.3 is 14.6 Å². The van der Waals surface area contributed by atoms with E-state index in [2.05, 4.69) is 4.52 Å². The van der Waals surface area contributed by atoms with E-state index in [1.54, 1.807) is 12.1 Å². The lowest BCUT2D eigenvalue weighted by molar-refractivity contribution is 0.0696. The second-order valence-corrected chi connectivity index (χ2v) is 3.29. The second kappa shape index (κ2) is 5.02. The molecule has 1 aromatic carbocycles. The number of carboxylic acids is 1. The maximum Gasteiger partial charge on any atom is 0.335 e. The number of aromatic carboxylic acids is 1. The van der Waals surface area contributed by atoms with Crippen LogP contribution in [-0.4, -0.2) is 20.9 Å². The van der Waals surface area contributed by atoms with E-state index in [1.807, 2.05) is 0 Å². The number of carbonyl (C=O) groups is 1. The Morgan fingerprint density at radius 1 is 1.29 bits per heavy atom. The van der Waals surface area contributed by atoms with Crippen molar-refractivity contribution in [3.63, 3.8) is 0 Å². The summed E-state index contributed by atoms with van der Waals surface area (Å²) in [6.07, 6.45) is 0. The van der Waals surface area contributed by atoms with Gasteiger partial charge in [0.1, 0.15) is 0 Å². The zero-order valence-corrected chi connectivity index (χ0v) is 8.02. The van der Waals surface area contributed by atoms with E-state index >= 15 is 0 Å². The van der Waals surface area contributed by atoms with Crippen LogP contribution in [0.15, 0.2) is 24.3 Å². The lowest BCUT2D eigenvalue weighted by atomic mass is 10.1. The highest BCUT2D eigenvalue weighted by atomic mass is 31.2. The summed E-state index contributed by atoms with van der Waals surface area (Å²) in [6.45, 7) is 0.0542. The van der Waals surface area contributed by atoms with Gasteiger partial charge in [-0.1, -0.05) is 12.1 Å². The maximum absolute atomic E-state index is 10.5. The van der Waals surface area contributed by atoms with Gasteiger partial charge in [0.15, 0.2) is 0 Å². The number of carboxylic acid groups (broad SMARTS) is 1. The van der Waals surface area contributed by atoms with Crippen molar-refractivity contribution >= 4 is 14.6 Å². The summed E-state index contributed by atoms with van der Waals surface area (Å²) < 4.78 is 4.56. The molecule has 0 atom stereocenters. The highest BCUT2D eigenvalue weighted by molar-refractivity contribution is 7.39. The number of hydrogen-bond acceptors (Lipinski definition) is 4. The standard InChI is InChI=1S/C8H9O5P/c9-8(10)7-3-1-6(2-4-7)5-13-14(11)12/h1-4,11-12H,5H2,(H,9,10). The Labute approximate surface area is 81.6 Å². The van der Waals surface area contributed by atoms with E-state index in [0.717, 1.165) is 0 Å². The Hall–Kier alpha value is -1.00. The minimum absolute atomic E-state index is 0.0542. The Morgan fingerprint density at radius 3 is 2.29 bits per heavy atom. The van der Waals surface area contributed by atoms with Crippen LogP contribution in [-0.2, 0) is 11.1 Å². The average molecular weight is 216 g/mol. The summed E-state index contributed by atoms with van der Waals surface area (Å²) in [4.78, 5) is 27.4. The first-order valence-electron chi connectivity index (χ1n) is 3.72. The molecule has 0 spiro atoms. The molecule has 0 heterocycles. The van der Waals surface area contributed by atoms with E-state index in [9.17, 15) is 4.79 Å². The van der Waals surface area contributed by atoms with Crippen LogP contribution in [0.25, 0.3) is 0 Å². The van der Waals surface area contributed by atoms with Crippen molar-refractivity contribution in [2.24, 2.45) is 0 Å². The molecule has 0 saturated heterocycles. The minimum Gasteiger partial charge on any atom is -0.478 e. The Balaban J connectivity index is 2.60. The van der Waals surface area contributed by atoms with Crippen LogP contribution in [0.1, 0.15) is 15.9 Å². The number of hydrogen-bond donors (Lipinski definition) is 3. The highest BCUT2D eigenvalue weighted by Crippen LogP contribution is 2.26. The molecule has 3 N–H and O–H groups in total. The molecule has 0 aliphatic rings. The summed E-state index contributed by atoms with van der Waals surface area (Å²) in [5.74, 6) is -0.996. The van der Waals surface area contributed by atoms with Crippen molar-refractivity contribution in [2.45, 2.75) is 6.61 Å². The summed E-state index contributed by atoms with van der Waals surface area (Å²) in [5, 5.41) is 8.59. The van der Waals surface area contributed by atoms with Crippen molar-refractivity contribution < 1.29 is 24.2 Å². The SMILES string of the molecule is O=C(O)c1ccc(COP(O)O)cc1. The molecule has 0 aliphatic heterocycles. The Morgan fingerprint density at radius 2 is 1.86 bits per heavy atom. The first-order valence-corrected chi connectivity index (χ1v) is 4.89. The van der Waals surface area contributed by atoms with E-state index in [1.165, 1.54) is 12.1 Å². The topological polar surface area (TPSA) is 87.0 Å². The third-order valence-corrected chi connectivity index (χ3v) is 1.91. The molecule has 0 amide bonds. The Bertz CT molecular complexity index is 308. The van der Waals surface area contributed by atoms with Gasteiger partial charge in [-0.3, -0.25) is 0 Å². The van der Waals surface area contributed by atoms with Gasteiger partial charge < -0.3 is 19.4 Å². The molecule has 1 aromatic rings. The van der Waals surface area contributed by atoms with E-state index in [-0.39, 0.29) is 12.2 Å². The van der Waals surface area contributed by atoms with Crippen LogP contribution in [0.4, 0.5) is 0 Å². The maximum atomic E-state index is 10.5. The van der Waals surface area contributed by atoms with Crippen molar-refractivity contribution in [3.05, 3.63) is 35.4 Å². The fourth-order valence-corrected chi connectivity index (χ4v) is 1.14. The van der Waals surface area contributed by atoms with Gasteiger partial charge in [-0.15, -0.1) is 0 Å². The van der Waals surface area contributed by atoms with Gasteiger partial charge in [-0.2, -0.15) is 0 Å². The molecule has 6 heteroatoms. The molecule has 0 saturated carbocycles. The number of rotatable bonds is 4.